The summed E-state index contributed by atoms with van der Waals surface area (Å²) in [4.78, 5) is 23.7. The van der Waals surface area contributed by atoms with Crippen LogP contribution in [0.5, 0.6) is 0 Å². The minimum atomic E-state index is -0.0998. The van der Waals surface area contributed by atoms with Gasteiger partial charge in [-0.25, -0.2) is 4.98 Å². The van der Waals surface area contributed by atoms with Crippen LogP contribution < -0.4 is 5.32 Å². The molecule has 1 aromatic carbocycles. The normalized spacial score (nSPS) is 11.0. The van der Waals surface area contributed by atoms with E-state index in [9.17, 15) is 4.79 Å². The van der Waals surface area contributed by atoms with E-state index in [1.807, 2.05) is 30.3 Å². The van der Waals surface area contributed by atoms with Crippen molar-refractivity contribution < 1.29 is 9.21 Å². The Kier molecular flexibility index (Phi) is 5.10. The number of fused-ring (bicyclic) bond motifs is 1. The molecule has 4 aromatic rings. The Morgan fingerprint density at radius 2 is 2.11 bits per heavy atom. The van der Waals surface area contributed by atoms with E-state index in [0.29, 0.717) is 24.1 Å². The smallest absolute Gasteiger partial charge is 0.277 e. The van der Waals surface area contributed by atoms with Crippen molar-refractivity contribution in [2.24, 2.45) is 0 Å². The maximum Gasteiger partial charge on any atom is 0.277 e. The summed E-state index contributed by atoms with van der Waals surface area (Å²) < 4.78 is 5.53. The van der Waals surface area contributed by atoms with E-state index in [4.69, 9.17) is 4.42 Å². The van der Waals surface area contributed by atoms with Crippen molar-refractivity contribution in [3.05, 3.63) is 54.6 Å². The van der Waals surface area contributed by atoms with Gasteiger partial charge in [0.25, 0.3) is 5.22 Å². The summed E-state index contributed by atoms with van der Waals surface area (Å²) in [6, 6.07) is 11.5. The van der Waals surface area contributed by atoms with Crippen LogP contribution in [-0.2, 0) is 11.2 Å². The van der Waals surface area contributed by atoms with Crippen LogP contribution in [0.4, 0.5) is 0 Å². The SMILES string of the molecule is O=C(CSc1nnc(-c2cccnc2)o1)NCCc1nc2ccccc2[nH]1. The number of aromatic amines is 1. The molecule has 0 spiro atoms. The second kappa shape index (κ2) is 8.00. The number of pyridine rings is 1. The van der Waals surface area contributed by atoms with E-state index in [-0.39, 0.29) is 11.7 Å². The lowest BCUT2D eigenvalue weighted by atomic mass is 10.3. The van der Waals surface area contributed by atoms with Crippen LogP contribution in [0.3, 0.4) is 0 Å². The highest BCUT2D eigenvalue weighted by Gasteiger charge is 2.11. The van der Waals surface area contributed by atoms with Crippen molar-refractivity contribution in [3.8, 4) is 11.5 Å². The number of H-pyrrole nitrogens is 1. The zero-order valence-corrected chi connectivity index (χ0v) is 15.1. The number of carbonyl (C=O) groups excluding carboxylic acids is 1. The highest BCUT2D eigenvalue weighted by molar-refractivity contribution is 7.99. The third-order valence-corrected chi connectivity index (χ3v) is 4.58. The molecule has 9 heteroatoms. The van der Waals surface area contributed by atoms with Gasteiger partial charge in [-0.1, -0.05) is 23.9 Å². The molecule has 0 aliphatic heterocycles. The van der Waals surface area contributed by atoms with E-state index in [0.717, 1.165) is 22.4 Å². The lowest BCUT2D eigenvalue weighted by Crippen LogP contribution is -2.27. The quantitative estimate of drug-likeness (QED) is 0.474. The molecule has 0 bridgehead atoms. The Morgan fingerprint density at radius 1 is 1.19 bits per heavy atom. The number of benzene rings is 1. The first-order valence-corrected chi connectivity index (χ1v) is 9.33. The molecule has 0 unspecified atom stereocenters. The molecule has 27 heavy (non-hydrogen) atoms. The van der Waals surface area contributed by atoms with Crippen molar-refractivity contribution in [1.29, 1.82) is 0 Å². The molecular formula is C18H16N6O2S. The molecule has 0 saturated heterocycles. The minimum Gasteiger partial charge on any atom is -0.411 e. The fourth-order valence-electron chi connectivity index (χ4n) is 2.50. The first-order valence-electron chi connectivity index (χ1n) is 8.35. The van der Waals surface area contributed by atoms with Crippen LogP contribution >= 0.6 is 11.8 Å². The van der Waals surface area contributed by atoms with Gasteiger partial charge < -0.3 is 14.7 Å². The molecule has 4 rings (SSSR count). The molecule has 0 aliphatic carbocycles. The van der Waals surface area contributed by atoms with E-state index < -0.39 is 0 Å². The molecule has 2 N–H and O–H groups in total. The van der Waals surface area contributed by atoms with E-state index in [1.165, 1.54) is 11.8 Å². The number of nitrogens with one attached hydrogen (secondary N) is 2. The van der Waals surface area contributed by atoms with E-state index >= 15 is 0 Å². The van der Waals surface area contributed by atoms with Crippen molar-refractivity contribution >= 4 is 28.7 Å². The van der Waals surface area contributed by atoms with Gasteiger partial charge in [0.2, 0.25) is 11.8 Å². The van der Waals surface area contributed by atoms with Gasteiger partial charge in [0.05, 0.1) is 22.3 Å². The summed E-state index contributed by atoms with van der Waals surface area (Å²) in [5.74, 6) is 1.34. The highest BCUT2D eigenvalue weighted by atomic mass is 32.2. The van der Waals surface area contributed by atoms with Gasteiger partial charge in [0.15, 0.2) is 0 Å². The minimum absolute atomic E-state index is 0.0998. The first-order chi connectivity index (χ1) is 13.3. The van der Waals surface area contributed by atoms with Crippen LogP contribution in [0.15, 0.2) is 58.4 Å². The fourth-order valence-corrected chi connectivity index (χ4v) is 3.09. The summed E-state index contributed by atoms with van der Waals surface area (Å²) >= 11 is 1.20. The Bertz CT molecular complexity index is 1010. The van der Waals surface area contributed by atoms with Crippen molar-refractivity contribution in [3.63, 3.8) is 0 Å². The summed E-state index contributed by atoms with van der Waals surface area (Å²) in [6.45, 7) is 0.504. The predicted molar refractivity (Wildman–Crippen MR) is 101 cm³/mol. The molecule has 0 fully saturated rings. The number of hydrogen-bond acceptors (Lipinski definition) is 7. The number of amides is 1. The number of rotatable bonds is 7. The number of imidazole rings is 1. The molecule has 3 heterocycles. The topological polar surface area (TPSA) is 110 Å². The molecule has 1 amide bonds. The summed E-state index contributed by atoms with van der Waals surface area (Å²) in [5.41, 5.74) is 2.66. The van der Waals surface area contributed by atoms with Crippen molar-refractivity contribution in [2.75, 3.05) is 12.3 Å². The Hall–Kier alpha value is -3.20. The molecular weight excluding hydrogens is 364 g/mol. The molecule has 0 aliphatic rings. The number of carbonyl (C=O) groups is 1. The second-order valence-electron chi connectivity index (χ2n) is 5.70. The summed E-state index contributed by atoms with van der Waals surface area (Å²) in [5, 5.41) is 11.1. The second-order valence-corrected chi connectivity index (χ2v) is 6.63. The molecule has 0 atom stereocenters. The largest absolute Gasteiger partial charge is 0.411 e. The number of hydrogen-bond donors (Lipinski definition) is 2. The number of nitrogens with zero attached hydrogens (tertiary/aromatic N) is 4. The third-order valence-electron chi connectivity index (χ3n) is 3.76. The lowest BCUT2D eigenvalue weighted by molar-refractivity contribution is -0.118. The summed E-state index contributed by atoms with van der Waals surface area (Å²) in [6.07, 6.45) is 3.95. The maximum absolute atomic E-state index is 12.0. The molecule has 3 aromatic heterocycles. The molecule has 0 saturated carbocycles. The lowest BCUT2D eigenvalue weighted by Gasteiger charge is -2.02. The Morgan fingerprint density at radius 3 is 2.96 bits per heavy atom. The zero-order chi connectivity index (χ0) is 18.5. The van der Waals surface area contributed by atoms with E-state index in [1.54, 1.807) is 18.5 Å². The Balaban J connectivity index is 1.23. The third kappa shape index (κ3) is 4.32. The maximum atomic E-state index is 12.0. The van der Waals surface area contributed by atoms with Crippen LogP contribution in [0.2, 0.25) is 0 Å². The van der Waals surface area contributed by atoms with Gasteiger partial charge >= 0.3 is 0 Å². The van der Waals surface area contributed by atoms with Crippen LogP contribution in [0.1, 0.15) is 5.82 Å². The predicted octanol–water partition coefficient (Wildman–Crippen LogP) is 2.46. The van der Waals surface area contributed by atoms with Crippen LogP contribution in [0, 0.1) is 0 Å². The van der Waals surface area contributed by atoms with E-state index in [2.05, 4.69) is 30.5 Å². The van der Waals surface area contributed by atoms with Gasteiger partial charge in [-0.3, -0.25) is 9.78 Å². The molecule has 136 valence electrons. The van der Waals surface area contributed by atoms with Crippen molar-refractivity contribution in [1.82, 2.24) is 30.5 Å². The monoisotopic (exact) mass is 380 g/mol. The van der Waals surface area contributed by atoms with Crippen molar-refractivity contribution in [2.45, 2.75) is 11.6 Å². The van der Waals surface area contributed by atoms with Gasteiger partial charge in [-0.2, -0.15) is 0 Å². The number of thioether (sulfide) groups is 1. The van der Waals surface area contributed by atoms with Crippen LogP contribution in [0.25, 0.3) is 22.5 Å². The number of aromatic nitrogens is 5. The standard InChI is InChI=1S/C18H16N6O2S/c25-16(20-9-7-15-21-13-5-1-2-6-14(13)22-15)11-27-18-24-23-17(26-18)12-4-3-8-19-10-12/h1-6,8,10H,7,9,11H2,(H,20,25)(H,21,22). The average molecular weight is 380 g/mol. The van der Waals surface area contributed by atoms with Gasteiger partial charge in [0.1, 0.15) is 5.82 Å². The number of para-hydroxylation sites is 2. The first kappa shape index (κ1) is 17.2. The van der Waals surface area contributed by atoms with Gasteiger partial charge in [0, 0.05) is 25.4 Å². The highest BCUT2D eigenvalue weighted by Crippen LogP contribution is 2.22. The fraction of sp³-hybridized carbons (Fsp3) is 0.167. The molecule has 8 nitrogen and oxygen atoms in total. The molecule has 0 radical (unpaired) electrons. The van der Waals surface area contributed by atoms with Crippen LogP contribution in [-0.4, -0.2) is 43.4 Å². The zero-order valence-electron chi connectivity index (χ0n) is 14.3. The van der Waals surface area contributed by atoms with Gasteiger partial charge in [-0.05, 0) is 24.3 Å². The average Bonchev–Trinajstić information content (AvgIpc) is 3.34. The Labute approximate surface area is 158 Å². The van der Waals surface area contributed by atoms with Gasteiger partial charge in [-0.15, -0.1) is 10.2 Å². The summed E-state index contributed by atoms with van der Waals surface area (Å²) in [7, 11) is 0.